The Morgan fingerprint density at radius 1 is 1.26 bits per heavy atom. The molecule has 0 saturated carbocycles. The maximum absolute atomic E-state index is 11.6. The minimum absolute atomic E-state index is 0.283. The van der Waals surface area contributed by atoms with Crippen LogP contribution in [0.1, 0.15) is 32.4 Å². The molecule has 5 nitrogen and oxygen atoms in total. The van der Waals surface area contributed by atoms with Gasteiger partial charge in [0.05, 0.1) is 0 Å². The Labute approximate surface area is 118 Å². The van der Waals surface area contributed by atoms with Gasteiger partial charge in [-0.1, -0.05) is 29.8 Å². The molecular formula is C12H18ClNO4S. The van der Waals surface area contributed by atoms with Crippen LogP contribution in [-0.4, -0.2) is 25.7 Å². The summed E-state index contributed by atoms with van der Waals surface area (Å²) < 4.78 is 30.3. The maximum Gasteiger partial charge on any atom is 0.336 e. The van der Waals surface area contributed by atoms with Gasteiger partial charge in [0.2, 0.25) is 0 Å². The lowest BCUT2D eigenvalue weighted by Crippen LogP contribution is -2.35. The summed E-state index contributed by atoms with van der Waals surface area (Å²) in [6.45, 7) is 4.82. The second-order valence-corrected chi connectivity index (χ2v) is 6.24. The van der Waals surface area contributed by atoms with Crippen LogP contribution in [0.2, 0.25) is 5.02 Å². The van der Waals surface area contributed by atoms with E-state index in [0.29, 0.717) is 10.6 Å². The molecule has 0 spiro atoms. The summed E-state index contributed by atoms with van der Waals surface area (Å²) in [4.78, 5) is 0. The van der Waals surface area contributed by atoms with Crippen molar-refractivity contribution < 1.29 is 17.7 Å². The molecule has 1 rings (SSSR count). The summed E-state index contributed by atoms with van der Waals surface area (Å²) >= 11 is 5.94. The van der Waals surface area contributed by atoms with Crippen LogP contribution in [0.25, 0.3) is 0 Å². The molecule has 0 amide bonds. The number of aliphatic hydroxyl groups excluding tert-OH is 1. The maximum atomic E-state index is 11.6. The Morgan fingerprint density at radius 2 is 1.84 bits per heavy atom. The van der Waals surface area contributed by atoms with Gasteiger partial charge in [-0.2, -0.15) is 13.1 Å². The molecule has 0 aliphatic heterocycles. The number of nitrogens with one attached hydrogen (secondary N) is 1. The average Bonchev–Trinajstić information content (AvgIpc) is 2.26. The van der Waals surface area contributed by atoms with E-state index in [1.54, 1.807) is 38.1 Å². The van der Waals surface area contributed by atoms with Crippen molar-refractivity contribution in [3.63, 3.8) is 0 Å². The minimum atomic E-state index is -3.90. The van der Waals surface area contributed by atoms with Gasteiger partial charge in [0.1, 0.15) is 12.2 Å². The van der Waals surface area contributed by atoms with Crippen LogP contribution >= 0.6 is 11.6 Å². The van der Waals surface area contributed by atoms with Crippen molar-refractivity contribution in [3.05, 3.63) is 34.9 Å². The Kier molecular flexibility index (Phi) is 5.76. The molecule has 0 aliphatic rings. The topological polar surface area (TPSA) is 75.6 Å². The fraction of sp³-hybridized carbons (Fsp3) is 0.500. The molecule has 0 heterocycles. The standard InChI is InChI=1S/C12H18ClNO4S/c1-8(2)14-19(16,17)18-9(3)12(15)10-6-4-5-7-11(10)13/h4-9,12,14-15H,1-3H3/t9-,12+/m1/s1. The summed E-state index contributed by atoms with van der Waals surface area (Å²) in [6.07, 6.45) is -2.08. The lowest BCUT2D eigenvalue weighted by atomic mass is 10.1. The predicted molar refractivity (Wildman–Crippen MR) is 74.2 cm³/mol. The van der Waals surface area contributed by atoms with E-state index >= 15 is 0 Å². The molecule has 0 aromatic heterocycles. The van der Waals surface area contributed by atoms with Crippen molar-refractivity contribution in [2.24, 2.45) is 0 Å². The van der Waals surface area contributed by atoms with Gasteiger partial charge in [-0.05, 0) is 26.8 Å². The second kappa shape index (κ2) is 6.67. The first kappa shape index (κ1) is 16.4. The first-order valence-electron chi connectivity index (χ1n) is 5.86. The van der Waals surface area contributed by atoms with Gasteiger partial charge < -0.3 is 5.11 Å². The zero-order chi connectivity index (χ0) is 14.6. The fourth-order valence-electron chi connectivity index (χ4n) is 1.54. The predicted octanol–water partition coefficient (Wildman–Crippen LogP) is 2.02. The van der Waals surface area contributed by atoms with Gasteiger partial charge in [0.25, 0.3) is 0 Å². The molecule has 19 heavy (non-hydrogen) atoms. The van der Waals surface area contributed by atoms with Gasteiger partial charge in [-0.25, -0.2) is 0 Å². The Hall–Kier alpha value is -0.660. The zero-order valence-corrected chi connectivity index (χ0v) is 12.6. The van der Waals surface area contributed by atoms with Crippen LogP contribution in [0.15, 0.2) is 24.3 Å². The molecule has 108 valence electrons. The van der Waals surface area contributed by atoms with E-state index in [1.807, 2.05) is 0 Å². The van der Waals surface area contributed by atoms with Gasteiger partial charge in [0, 0.05) is 16.6 Å². The van der Waals surface area contributed by atoms with E-state index in [0.717, 1.165) is 0 Å². The molecule has 0 fully saturated rings. The van der Waals surface area contributed by atoms with Crippen molar-refractivity contribution in [3.8, 4) is 0 Å². The number of hydrogen-bond donors (Lipinski definition) is 2. The monoisotopic (exact) mass is 307 g/mol. The number of aliphatic hydroxyl groups is 1. The van der Waals surface area contributed by atoms with Crippen LogP contribution in [0.4, 0.5) is 0 Å². The third kappa shape index (κ3) is 5.08. The smallest absolute Gasteiger partial charge is 0.336 e. The van der Waals surface area contributed by atoms with Crippen molar-refractivity contribution in [2.75, 3.05) is 0 Å². The Balaban J connectivity index is 2.79. The molecule has 0 radical (unpaired) electrons. The highest BCUT2D eigenvalue weighted by Crippen LogP contribution is 2.26. The number of rotatable bonds is 6. The lowest BCUT2D eigenvalue weighted by molar-refractivity contribution is 0.0495. The van der Waals surface area contributed by atoms with Crippen molar-refractivity contribution in [1.29, 1.82) is 0 Å². The van der Waals surface area contributed by atoms with Gasteiger partial charge in [-0.15, -0.1) is 0 Å². The van der Waals surface area contributed by atoms with Gasteiger partial charge >= 0.3 is 10.3 Å². The number of benzene rings is 1. The SMILES string of the molecule is CC(C)NS(=O)(=O)O[C@H](C)[C@H](O)c1ccccc1Cl. The molecule has 1 aromatic rings. The highest BCUT2D eigenvalue weighted by atomic mass is 35.5. The molecule has 0 aliphatic carbocycles. The van der Waals surface area contributed by atoms with Gasteiger partial charge in [-0.3, -0.25) is 4.18 Å². The number of halogens is 1. The molecule has 1 aromatic carbocycles. The largest absolute Gasteiger partial charge is 0.386 e. The third-order valence-electron chi connectivity index (χ3n) is 2.33. The Bertz CT molecular complexity index is 518. The molecule has 2 atom stereocenters. The summed E-state index contributed by atoms with van der Waals surface area (Å²) in [5.74, 6) is 0. The van der Waals surface area contributed by atoms with Crippen molar-refractivity contribution in [2.45, 2.75) is 39.0 Å². The van der Waals surface area contributed by atoms with Crippen LogP contribution in [0, 0.1) is 0 Å². The fourth-order valence-corrected chi connectivity index (χ4v) is 2.92. The van der Waals surface area contributed by atoms with Crippen molar-refractivity contribution in [1.82, 2.24) is 4.72 Å². The Morgan fingerprint density at radius 3 is 2.37 bits per heavy atom. The summed E-state index contributed by atoms with van der Waals surface area (Å²) in [5.41, 5.74) is 0.427. The highest BCUT2D eigenvalue weighted by molar-refractivity contribution is 7.84. The van der Waals surface area contributed by atoms with Crippen LogP contribution in [0.3, 0.4) is 0 Å². The molecule has 0 saturated heterocycles. The van der Waals surface area contributed by atoms with Crippen molar-refractivity contribution >= 4 is 21.9 Å². The van der Waals surface area contributed by atoms with E-state index in [4.69, 9.17) is 15.8 Å². The summed E-state index contributed by atoms with van der Waals surface area (Å²) in [6, 6.07) is 6.39. The van der Waals surface area contributed by atoms with E-state index in [-0.39, 0.29) is 6.04 Å². The van der Waals surface area contributed by atoms with E-state index in [9.17, 15) is 13.5 Å². The highest BCUT2D eigenvalue weighted by Gasteiger charge is 2.25. The molecule has 0 unspecified atom stereocenters. The summed E-state index contributed by atoms with van der Waals surface area (Å²) in [7, 11) is -3.90. The zero-order valence-electron chi connectivity index (χ0n) is 11.0. The molecular weight excluding hydrogens is 290 g/mol. The van der Waals surface area contributed by atoms with E-state index in [2.05, 4.69) is 4.72 Å². The minimum Gasteiger partial charge on any atom is -0.386 e. The van der Waals surface area contributed by atoms with E-state index < -0.39 is 22.5 Å². The van der Waals surface area contributed by atoms with E-state index in [1.165, 1.54) is 6.92 Å². The van der Waals surface area contributed by atoms with Crippen LogP contribution in [0.5, 0.6) is 0 Å². The lowest BCUT2D eigenvalue weighted by Gasteiger charge is -2.21. The molecule has 0 bridgehead atoms. The van der Waals surface area contributed by atoms with Crippen LogP contribution in [-0.2, 0) is 14.5 Å². The third-order valence-corrected chi connectivity index (χ3v) is 3.99. The van der Waals surface area contributed by atoms with Crippen LogP contribution < -0.4 is 4.72 Å². The first-order chi connectivity index (χ1) is 8.73. The normalized spacial score (nSPS) is 15.5. The number of hydrogen-bond acceptors (Lipinski definition) is 4. The molecule has 7 heteroatoms. The molecule has 2 N–H and O–H groups in total. The second-order valence-electron chi connectivity index (χ2n) is 4.49. The quantitative estimate of drug-likeness (QED) is 0.843. The summed E-state index contributed by atoms with van der Waals surface area (Å²) in [5, 5.41) is 10.4. The first-order valence-corrected chi connectivity index (χ1v) is 7.64. The average molecular weight is 308 g/mol. The van der Waals surface area contributed by atoms with Gasteiger partial charge in [0.15, 0.2) is 0 Å².